The maximum absolute atomic E-state index is 12.3. The summed E-state index contributed by atoms with van der Waals surface area (Å²) in [7, 11) is 0. The van der Waals surface area contributed by atoms with Gasteiger partial charge in [-0.15, -0.1) is 0 Å². The Balaban J connectivity index is 1.70. The zero-order valence-corrected chi connectivity index (χ0v) is 15.2. The van der Waals surface area contributed by atoms with E-state index in [0.717, 1.165) is 10.1 Å². The van der Waals surface area contributed by atoms with Crippen LogP contribution in [0.25, 0.3) is 22.6 Å². The molecule has 1 aromatic carbocycles. The minimum atomic E-state index is -0.918. The Morgan fingerprint density at radius 2 is 2.04 bits per heavy atom. The molecule has 0 amide bonds. The van der Waals surface area contributed by atoms with Gasteiger partial charge in [0, 0.05) is 29.3 Å². The van der Waals surface area contributed by atoms with Crippen LogP contribution in [0.3, 0.4) is 0 Å². The van der Waals surface area contributed by atoms with Crippen LogP contribution < -0.4 is 11.2 Å². The van der Waals surface area contributed by atoms with E-state index < -0.39 is 29.7 Å². The molecular formula is C18H16ClN3O6. The summed E-state index contributed by atoms with van der Waals surface area (Å²) in [6, 6.07) is 8.51. The van der Waals surface area contributed by atoms with Crippen LogP contribution >= 0.6 is 11.6 Å². The van der Waals surface area contributed by atoms with E-state index in [0.29, 0.717) is 10.7 Å². The number of aliphatic hydroxyl groups excluding tert-OH is 2. The number of nitrogens with zero attached hydrogens (tertiary/aromatic N) is 2. The highest BCUT2D eigenvalue weighted by Gasteiger charge is 2.35. The highest BCUT2D eigenvalue weighted by atomic mass is 35.5. The molecule has 3 heterocycles. The molecule has 1 saturated heterocycles. The first kappa shape index (κ1) is 18.6. The van der Waals surface area contributed by atoms with Crippen LogP contribution in [0.4, 0.5) is 0 Å². The van der Waals surface area contributed by atoms with Crippen LogP contribution in [-0.2, 0) is 4.74 Å². The predicted molar refractivity (Wildman–Crippen MR) is 98.9 cm³/mol. The van der Waals surface area contributed by atoms with Crippen molar-refractivity contribution in [1.82, 2.24) is 14.7 Å². The van der Waals surface area contributed by atoms with E-state index in [-0.39, 0.29) is 24.4 Å². The Kier molecular flexibility index (Phi) is 4.90. The third-order valence-corrected chi connectivity index (χ3v) is 4.83. The molecule has 0 saturated carbocycles. The lowest BCUT2D eigenvalue weighted by atomic mass is 10.1. The number of hydrogen-bond donors (Lipinski definition) is 3. The SMILES string of the molecule is O=c1[nH]c(=O)n([C@H]2C[C@H](O)[C@@H](CO)O2)cc1-c1cc(-c2ccc(Cl)cc2)no1. The Labute approximate surface area is 162 Å². The number of rotatable bonds is 4. The van der Waals surface area contributed by atoms with Gasteiger partial charge in [-0.3, -0.25) is 14.3 Å². The number of benzene rings is 1. The van der Waals surface area contributed by atoms with Crippen molar-refractivity contribution in [2.24, 2.45) is 0 Å². The maximum Gasteiger partial charge on any atom is 0.330 e. The van der Waals surface area contributed by atoms with Gasteiger partial charge in [0.15, 0.2) is 5.76 Å². The van der Waals surface area contributed by atoms with E-state index in [4.69, 9.17) is 20.9 Å². The molecule has 9 nitrogen and oxygen atoms in total. The average Bonchev–Trinajstić information content (AvgIpc) is 3.29. The van der Waals surface area contributed by atoms with Crippen molar-refractivity contribution < 1.29 is 19.5 Å². The van der Waals surface area contributed by atoms with Crippen molar-refractivity contribution in [3.63, 3.8) is 0 Å². The van der Waals surface area contributed by atoms with Gasteiger partial charge in [-0.1, -0.05) is 28.9 Å². The molecule has 0 aliphatic carbocycles. The normalized spacial score (nSPS) is 21.9. The smallest absolute Gasteiger partial charge is 0.330 e. The van der Waals surface area contributed by atoms with Crippen molar-refractivity contribution >= 4 is 11.6 Å². The third-order valence-electron chi connectivity index (χ3n) is 4.58. The summed E-state index contributed by atoms with van der Waals surface area (Å²) in [5.41, 5.74) is -0.00831. The standard InChI is InChI=1S/C18H16ClN3O6/c19-10-3-1-9(2-4-10)12-5-14(28-21-12)11-7-22(18(26)20-17(11)25)16-6-13(24)15(8-23)27-16/h1-5,7,13,15-16,23-24H,6,8H2,(H,20,25,26)/t13-,15+,16+/m0/s1. The summed E-state index contributed by atoms with van der Waals surface area (Å²) in [5, 5.41) is 23.6. The minimum absolute atomic E-state index is 0.0813. The average molecular weight is 406 g/mol. The van der Waals surface area contributed by atoms with Gasteiger partial charge in [-0.2, -0.15) is 0 Å². The van der Waals surface area contributed by atoms with Gasteiger partial charge in [-0.05, 0) is 12.1 Å². The fourth-order valence-corrected chi connectivity index (χ4v) is 3.21. The zero-order valence-electron chi connectivity index (χ0n) is 14.4. The Morgan fingerprint density at radius 3 is 2.71 bits per heavy atom. The largest absolute Gasteiger partial charge is 0.394 e. The number of aromatic amines is 1. The molecule has 3 N–H and O–H groups in total. The van der Waals surface area contributed by atoms with Crippen LogP contribution in [0.15, 0.2) is 50.6 Å². The molecule has 146 valence electrons. The first-order valence-electron chi connectivity index (χ1n) is 8.49. The fourth-order valence-electron chi connectivity index (χ4n) is 3.08. The second kappa shape index (κ2) is 7.36. The highest BCUT2D eigenvalue weighted by molar-refractivity contribution is 6.30. The number of aromatic nitrogens is 3. The van der Waals surface area contributed by atoms with Gasteiger partial charge in [0.1, 0.15) is 23.6 Å². The molecule has 0 spiro atoms. The summed E-state index contributed by atoms with van der Waals surface area (Å²) in [6.45, 7) is -0.380. The maximum atomic E-state index is 12.3. The van der Waals surface area contributed by atoms with E-state index in [9.17, 15) is 19.8 Å². The predicted octanol–water partition coefficient (Wildman–Crippen LogP) is 1.15. The van der Waals surface area contributed by atoms with Gasteiger partial charge in [-0.25, -0.2) is 4.79 Å². The first-order valence-corrected chi connectivity index (χ1v) is 8.87. The number of aliphatic hydroxyl groups is 2. The molecule has 1 aliphatic heterocycles. The molecule has 2 aromatic heterocycles. The van der Waals surface area contributed by atoms with E-state index in [1.807, 2.05) is 0 Å². The van der Waals surface area contributed by atoms with Crippen molar-refractivity contribution in [3.8, 4) is 22.6 Å². The number of halogens is 1. The number of hydrogen-bond acceptors (Lipinski definition) is 7. The second-order valence-electron chi connectivity index (χ2n) is 6.41. The summed E-state index contributed by atoms with van der Waals surface area (Å²) >= 11 is 5.88. The van der Waals surface area contributed by atoms with Gasteiger partial charge < -0.3 is 19.5 Å². The van der Waals surface area contributed by atoms with Crippen LogP contribution in [0.5, 0.6) is 0 Å². The molecule has 3 aromatic rings. The molecule has 0 unspecified atom stereocenters. The van der Waals surface area contributed by atoms with Gasteiger partial charge in [0.05, 0.1) is 12.7 Å². The number of nitrogens with one attached hydrogen (secondary N) is 1. The topological polar surface area (TPSA) is 131 Å². The monoisotopic (exact) mass is 405 g/mol. The van der Waals surface area contributed by atoms with Crippen LogP contribution in [0, 0.1) is 0 Å². The van der Waals surface area contributed by atoms with Crippen LogP contribution in [0.2, 0.25) is 5.02 Å². The zero-order chi connectivity index (χ0) is 19.8. The quantitative estimate of drug-likeness (QED) is 0.593. The number of ether oxygens (including phenoxy) is 1. The van der Waals surface area contributed by atoms with Gasteiger partial charge >= 0.3 is 5.69 Å². The third kappa shape index (κ3) is 3.40. The van der Waals surface area contributed by atoms with Crippen LogP contribution in [-0.4, -0.2) is 43.7 Å². The van der Waals surface area contributed by atoms with Gasteiger partial charge in [0.25, 0.3) is 5.56 Å². The Hall–Kier alpha value is -2.72. The van der Waals surface area contributed by atoms with Crippen molar-refractivity contribution in [2.45, 2.75) is 24.9 Å². The summed E-state index contributed by atoms with van der Waals surface area (Å²) in [5.74, 6) is 0.164. The summed E-state index contributed by atoms with van der Waals surface area (Å²) in [4.78, 5) is 26.7. The van der Waals surface area contributed by atoms with Gasteiger partial charge in [0.2, 0.25) is 0 Å². The molecule has 4 rings (SSSR count). The van der Waals surface area contributed by atoms with Crippen molar-refractivity contribution in [3.05, 3.63) is 62.4 Å². The van der Waals surface area contributed by atoms with Crippen LogP contribution in [0.1, 0.15) is 12.6 Å². The minimum Gasteiger partial charge on any atom is -0.394 e. The van der Waals surface area contributed by atoms with E-state index in [1.54, 1.807) is 30.3 Å². The lowest BCUT2D eigenvalue weighted by Crippen LogP contribution is -2.33. The molecule has 0 radical (unpaired) electrons. The lowest BCUT2D eigenvalue weighted by molar-refractivity contribution is -0.0458. The summed E-state index contributed by atoms with van der Waals surface area (Å²) in [6.07, 6.45) is -1.14. The first-order chi connectivity index (χ1) is 13.5. The van der Waals surface area contributed by atoms with Crippen molar-refractivity contribution in [2.75, 3.05) is 6.61 Å². The van der Waals surface area contributed by atoms with E-state index in [1.165, 1.54) is 6.20 Å². The Morgan fingerprint density at radius 1 is 1.29 bits per heavy atom. The molecule has 0 bridgehead atoms. The van der Waals surface area contributed by atoms with Crippen molar-refractivity contribution in [1.29, 1.82) is 0 Å². The summed E-state index contributed by atoms with van der Waals surface area (Å²) < 4.78 is 11.9. The molecular weight excluding hydrogens is 390 g/mol. The Bertz CT molecular complexity index is 1100. The fraction of sp³-hybridized carbons (Fsp3) is 0.278. The lowest BCUT2D eigenvalue weighted by Gasteiger charge is -2.14. The molecule has 10 heteroatoms. The number of H-pyrrole nitrogens is 1. The molecule has 1 aliphatic rings. The second-order valence-corrected chi connectivity index (χ2v) is 6.84. The molecule has 3 atom stereocenters. The molecule has 1 fully saturated rings. The molecule has 28 heavy (non-hydrogen) atoms. The van der Waals surface area contributed by atoms with E-state index in [2.05, 4.69) is 10.1 Å². The van der Waals surface area contributed by atoms with E-state index >= 15 is 0 Å². The highest BCUT2D eigenvalue weighted by Crippen LogP contribution is 2.29.